The van der Waals surface area contributed by atoms with Crippen molar-refractivity contribution in [2.24, 2.45) is 5.73 Å². The second-order valence-corrected chi connectivity index (χ2v) is 5.17. The van der Waals surface area contributed by atoms with Gasteiger partial charge in [-0.05, 0) is 35.7 Å². The number of esters is 1. The molecule has 0 fully saturated rings. The summed E-state index contributed by atoms with van der Waals surface area (Å²) in [6.45, 7) is 0.0432. The van der Waals surface area contributed by atoms with E-state index >= 15 is 0 Å². The van der Waals surface area contributed by atoms with Gasteiger partial charge in [-0.2, -0.15) is 0 Å². The summed E-state index contributed by atoms with van der Waals surface area (Å²) in [5, 5.41) is 0.487. The summed E-state index contributed by atoms with van der Waals surface area (Å²) >= 11 is 11.5. The topological polar surface area (TPSA) is 78.1 Å². The van der Waals surface area contributed by atoms with Crippen LogP contribution in [0.2, 0.25) is 10.3 Å². The number of aromatic nitrogens is 2. The highest BCUT2D eigenvalue weighted by Gasteiger charge is 2.16. The van der Waals surface area contributed by atoms with Crippen LogP contribution < -0.4 is 5.73 Å². The summed E-state index contributed by atoms with van der Waals surface area (Å²) in [6, 6.07) is 6.04. The van der Waals surface area contributed by atoms with Gasteiger partial charge in [-0.1, -0.05) is 29.3 Å². The maximum Gasteiger partial charge on any atom is 0.323 e. The summed E-state index contributed by atoms with van der Waals surface area (Å²) in [4.78, 5) is 19.6. The molecule has 0 bridgehead atoms. The van der Waals surface area contributed by atoms with Crippen LogP contribution in [0.1, 0.15) is 11.1 Å². The SMILES string of the molecule is Cl.Cl.N[C@@H](Cc1cccnc1)C(=O)OCc1cc(Cl)nc(Cl)c1. The van der Waals surface area contributed by atoms with Gasteiger partial charge >= 0.3 is 5.97 Å². The third kappa shape index (κ3) is 7.33. The van der Waals surface area contributed by atoms with Gasteiger partial charge < -0.3 is 10.5 Å². The second kappa shape index (κ2) is 10.6. The number of ether oxygens (including phenoxy) is 1. The van der Waals surface area contributed by atoms with Crippen molar-refractivity contribution < 1.29 is 9.53 Å². The molecule has 1 atom stereocenters. The van der Waals surface area contributed by atoms with E-state index in [0.717, 1.165) is 5.56 Å². The molecule has 0 saturated heterocycles. The Balaban J connectivity index is 0.00000242. The van der Waals surface area contributed by atoms with Gasteiger partial charge in [0.1, 0.15) is 23.0 Å². The van der Waals surface area contributed by atoms with E-state index < -0.39 is 12.0 Å². The Bertz CT molecular complexity index is 608. The molecule has 0 amide bonds. The van der Waals surface area contributed by atoms with Crippen molar-refractivity contribution in [2.45, 2.75) is 19.1 Å². The Morgan fingerprint density at radius 1 is 1.22 bits per heavy atom. The normalized spacial score (nSPS) is 10.9. The molecule has 126 valence electrons. The zero-order valence-corrected chi connectivity index (χ0v) is 15.0. The lowest BCUT2D eigenvalue weighted by atomic mass is 10.1. The Hall–Kier alpha value is -1.11. The van der Waals surface area contributed by atoms with Crippen molar-refractivity contribution >= 4 is 54.0 Å². The van der Waals surface area contributed by atoms with E-state index in [1.807, 2.05) is 6.07 Å². The fourth-order valence-electron chi connectivity index (χ4n) is 1.72. The molecule has 5 nitrogen and oxygen atoms in total. The van der Waals surface area contributed by atoms with Gasteiger partial charge in [0.05, 0.1) is 0 Å². The van der Waals surface area contributed by atoms with Crippen molar-refractivity contribution in [1.82, 2.24) is 9.97 Å². The van der Waals surface area contributed by atoms with Crippen LogP contribution in [-0.4, -0.2) is 22.0 Å². The molecule has 0 unspecified atom stereocenters. The Labute approximate surface area is 156 Å². The van der Waals surface area contributed by atoms with Gasteiger partial charge in [0.15, 0.2) is 0 Å². The zero-order valence-electron chi connectivity index (χ0n) is 11.8. The number of hydrogen-bond donors (Lipinski definition) is 1. The fraction of sp³-hybridized carbons (Fsp3) is 0.214. The minimum atomic E-state index is -0.748. The van der Waals surface area contributed by atoms with Gasteiger partial charge in [-0.15, -0.1) is 24.8 Å². The smallest absolute Gasteiger partial charge is 0.323 e. The van der Waals surface area contributed by atoms with E-state index in [2.05, 4.69) is 9.97 Å². The predicted octanol–water partition coefficient (Wildman–Crippen LogP) is 3.24. The largest absolute Gasteiger partial charge is 0.460 e. The lowest BCUT2D eigenvalue weighted by molar-refractivity contribution is -0.146. The zero-order chi connectivity index (χ0) is 15.2. The minimum Gasteiger partial charge on any atom is -0.460 e. The fourth-order valence-corrected chi connectivity index (χ4v) is 2.22. The van der Waals surface area contributed by atoms with Gasteiger partial charge in [0, 0.05) is 12.4 Å². The number of nitrogens with two attached hydrogens (primary N) is 1. The quantitative estimate of drug-likeness (QED) is 0.617. The molecular weight excluding hydrogens is 384 g/mol. The summed E-state index contributed by atoms with van der Waals surface area (Å²) in [5.74, 6) is -0.497. The molecule has 0 aromatic carbocycles. The van der Waals surface area contributed by atoms with E-state index in [4.69, 9.17) is 33.7 Å². The van der Waals surface area contributed by atoms with E-state index in [0.29, 0.717) is 12.0 Å². The summed E-state index contributed by atoms with van der Waals surface area (Å²) in [7, 11) is 0. The standard InChI is InChI=1S/C14H13Cl2N3O2.2ClH/c15-12-5-10(6-13(16)19-12)8-21-14(20)11(17)4-9-2-1-3-18-7-9;;/h1-3,5-7,11H,4,8,17H2;2*1H/t11-;;/m0../s1. The number of rotatable bonds is 5. The predicted molar refractivity (Wildman–Crippen MR) is 94.5 cm³/mol. The first kappa shape index (κ1) is 21.9. The molecule has 2 rings (SSSR count). The van der Waals surface area contributed by atoms with Gasteiger partial charge in [0.25, 0.3) is 0 Å². The average Bonchev–Trinajstić information content (AvgIpc) is 2.44. The monoisotopic (exact) mass is 397 g/mol. The summed E-state index contributed by atoms with van der Waals surface area (Å²) in [5.41, 5.74) is 7.33. The van der Waals surface area contributed by atoms with Crippen LogP contribution >= 0.6 is 48.0 Å². The van der Waals surface area contributed by atoms with Crippen molar-refractivity contribution in [2.75, 3.05) is 0 Å². The molecule has 0 saturated carbocycles. The molecule has 2 N–H and O–H groups in total. The molecule has 0 aliphatic heterocycles. The van der Waals surface area contributed by atoms with Gasteiger partial charge in [0.2, 0.25) is 0 Å². The van der Waals surface area contributed by atoms with E-state index in [1.54, 1.807) is 30.6 Å². The average molecular weight is 399 g/mol. The molecular formula is C14H15Cl4N3O2. The lowest BCUT2D eigenvalue weighted by Gasteiger charge is -2.11. The highest BCUT2D eigenvalue weighted by atomic mass is 35.5. The molecule has 0 radical (unpaired) electrons. The Morgan fingerprint density at radius 3 is 2.43 bits per heavy atom. The minimum absolute atomic E-state index is 0. The van der Waals surface area contributed by atoms with E-state index in [1.165, 1.54) is 0 Å². The number of nitrogens with zero attached hydrogens (tertiary/aromatic N) is 2. The lowest BCUT2D eigenvalue weighted by Crippen LogP contribution is -2.34. The van der Waals surface area contributed by atoms with E-state index in [9.17, 15) is 4.79 Å². The number of carbonyl (C=O) groups excluding carboxylic acids is 1. The third-order valence-corrected chi connectivity index (χ3v) is 3.07. The van der Waals surface area contributed by atoms with Gasteiger partial charge in [-0.25, -0.2) is 4.98 Å². The highest BCUT2D eigenvalue weighted by molar-refractivity contribution is 6.32. The van der Waals surface area contributed by atoms with Crippen molar-refractivity contribution in [3.05, 3.63) is 58.1 Å². The van der Waals surface area contributed by atoms with Crippen molar-refractivity contribution in [3.63, 3.8) is 0 Å². The van der Waals surface area contributed by atoms with Crippen LogP contribution in [0.3, 0.4) is 0 Å². The van der Waals surface area contributed by atoms with E-state index in [-0.39, 0.29) is 41.7 Å². The second-order valence-electron chi connectivity index (χ2n) is 4.40. The Morgan fingerprint density at radius 2 is 1.87 bits per heavy atom. The number of hydrogen-bond acceptors (Lipinski definition) is 5. The highest BCUT2D eigenvalue weighted by Crippen LogP contribution is 2.15. The molecule has 2 aromatic heterocycles. The number of halogens is 4. The van der Waals surface area contributed by atoms with Crippen LogP contribution in [0.25, 0.3) is 0 Å². The van der Waals surface area contributed by atoms with Gasteiger partial charge in [-0.3, -0.25) is 9.78 Å². The van der Waals surface area contributed by atoms with Crippen LogP contribution in [0, 0.1) is 0 Å². The molecule has 0 aliphatic carbocycles. The first-order chi connectivity index (χ1) is 10.0. The maximum atomic E-state index is 11.8. The first-order valence-electron chi connectivity index (χ1n) is 6.17. The molecule has 9 heteroatoms. The number of carbonyl (C=O) groups is 1. The molecule has 2 aromatic rings. The molecule has 0 aliphatic rings. The van der Waals surface area contributed by atoms with Crippen LogP contribution in [-0.2, 0) is 22.6 Å². The summed E-state index contributed by atoms with van der Waals surface area (Å²) in [6.07, 6.45) is 3.68. The molecule has 0 spiro atoms. The molecule has 23 heavy (non-hydrogen) atoms. The van der Waals surface area contributed by atoms with Crippen LogP contribution in [0.5, 0.6) is 0 Å². The first-order valence-corrected chi connectivity index (χ1v) is 6.93. The molecule has 2 heterocycles. The maximum absolute atomic E-state index is 11.8. The van der Waals surface area contributed by atoms with Crippen molar-refractivity contribution in [3.8, 4) is 0 Å². The van der Waals surface area contributed by atoms with Crippen molar-refractivity contribution in [1.29, 1.82) is 0 Å². The summed E-state index contributed by atoms with van der Waals surface area (Å²) < 4.78 is 5.14. The van der Waals surface area contributed by atoms with Crippen LogP contribution in [0.15, 0.2) is 36.7 Å². The van der Waals surface area contributed by atoms with Crippen LogP contribution in [0.4, 0.5) is 0 Å². The Kier molecular flexibility index (Phi) is 10.1. The third-order valence-electron chi connectivity index (χ3n) is 2.68. The number of pyridine rings is 2.